The highest BCUT2D eigenvalue weighted by Crippen LogP contribution is 2.43. The van der Waals surface area contributed by atoms with Gasteiger partial charge in [-0.05, 0) is 26.5 Å². The number of carbonyl (C=O) groups excluding carboxylic acids is 3. The van der Waals surface area contributed by atoms with Crippen LogP contribution in [0.4, 0.5) is 0 Å². The maximum absolute atomic E-state index is 13.0. The molecule has 2 N–H and O–H groups in total. The summed E-state index contributed by atoms with van der Waals surface area (Å²) in [4.78, 5) is 60.3. The van der Waals surface area contributed by atoms with E-state index in [2.05, 4.69) is 15.5 Å². The number of carbonyl (C=O) groups is 4. The highest BCUT2D eigenvalue weighted by molar-refractivity contribution is 8.06. The number of hydrogen-bond acceptors (Lipinski definition) is 11. The zero-order chi connectivity index (χ0) is 25.0. The van der Waals surface area contributed by atoms with Crippen molar-refractivity contribution >= 4 is 64.3 Å². The van der Waals surface area contributed by atoms with E-state index in [1.165, 1.54) is 45.3 Å². The largest absolute Gasteiger partial charge is 0.477 e. The van der Waals surface area contributed by atoms with Crippen LogP contribution >= 0.6 is 34.9 Å². The van der Waals surface area contributed by atoms with Crippen LogP contribution in [-0.4, -0.2) is 79.6 Å². The summed E-state index contributed by atoms with van der Waals surface area (Å²) in [5, 5.41) is 17.0. The van der Waals surface area contributed by atoms with Crippen LogP contribution in [0.15, 0.2) is 26.6 Å². The number of ether oxygens (including phenoxy) is 1. The van der Waals surface area contributed by atoms with Gasteiger partial charge in [0.25, 0.3) is 11.8 Å². The Kier molecular flexibility index (Phi) is 8.25. The number of thioether (sulfide) groups is 2. The molecule has 1 saturated heterocycles. The molecule has 34 heavy (non-hydrogen) atoms. The van der Waals surface area contributed by atoms with Crippen molar-refractivity contribution in [2.45, 2.75) is 44.7 Å². The Bertz CT molecular complexity index is 1030. The first-order chi connectivity index (χ1) is 16.0. The fourth-order valence-corrected chi connectivity index (χ4v) is 6.08. The molecule has 1 unspecified atom stereocenters. The Morgan fingerprint density at radius 2 is 2.12 bits per heavy atom. The standard InChI is InChI=1S/C20H24N4O7S3/c1-5-33-11-8-34-18-14(17(27)24(18)15(11)19(28)29)22-16(26)13(10-7-32-9-21-10)23-30-6-12(25)31-20(2,3)4/h7,9,14,18H,5-6,8H2,1-4H3,(H,22,26)(H,28,29)/b23-13-/t14?,18-/m1/s1. The van der Waals surface area contributed by atoms with Gasteiger partial charge >= 0.3 is 11.9 Å². The summed E-state index contributed by atoms with van der Waals surface area (Å²) in [5.41, 5.74) is 0.745. The summed E-state index contributed by atoms with van der Waals surface area (Å²) in [6.07, 6.45) is 0. The number of fused-ring (bicyclic) bond motifs is 1. The molecule has 0 bridgehead atoms. The monoisotopic (exact) mass is 528 g/mol. The van der Waals surface area contributed by atoms with Gasteiger partial charge in [-0.3, -0.25) is 14.5 Å². The predicted molar refractivity (Wildman–Crippen MR) is 128 cm³/mol. The van der Waals surface area contributed by atoms with Crippen LogP contribution in [0.1, 0.15) is 33.4 Å². The van der Waals surface area contributed by atoms with Crippen molar-refractivity contribution in [1.82, 2.24) is 15.2 Å². The van der Waals surface area contributed by atoms with Crippen molar-refractivity contribution in [3.63, 3.8) is 0 Å². The number of aliphatic carboxylic acids is 1. The second-order valence-electron chi connectivity index (χ2n) is 8.04. The van der Waals surface area contributed by atoms with Crippen molar-refractivity contribution in [1.29, 1.82) is 0 Å². The number of carboxylic acids is 1. The van der Waals surface area contributed by atoms with Crippen LogP contribution in [0.3, 0.4) is 0 Å². The van der Waals surface area contributed by atoms with Gasteiger partial charge in [0.15, 0.2) is 5.71 Å². The maximum atomic E-state index is 13.0. The van der Waals surface area contributed by atoms with E-state index >= 15 is 0 Å². The molecule has 2 amide bonds. The lowest BCUT2D eigenvalue weighted by Crippen LogP contribution is -2.71. The van der Waals surface area contributed by atoms with Gasteiger partial charge in [-0.1, -0.05) is 12.1 Å². The molecule has 1 aromatic rings. The van der Waals surface area contributed by atoms with Gasteiger partial charge in [0.05, 0.1) is 5.51 Å². The first kappa shape index (κ1) is 26.0. The lowest BCUT2D eigenvalue weighted by Gasteiger charge is -2.49. The SMILES string of the molecule is CCSC1=C(C(=O)O)N2C(=O)C(NC(=O)/C(=N\OCC(=O)OC(C)(C)C)c3cscn3)[C@H]2SC1. The average Bonchev–Trinajstić information content (AvgIpc) is 3.27. The molecular formula is C20H24N4O7S3. The minimum absolute atomic E-state index is 0.0415. The number of hydrogen-bond donors (Lipinski definition) is 2. The number of nitrogens with one attached hydrogen (secondary N) is 1. The molecule has 0 spiro atoms. The zero-order valence-corrected chi connectivity index (χ0v) is 21.3. The molecule has 1 fully saturated rings. The van der Waals surface area contributed by atoms with Crippen LogP contribution in [0.2, 0.25) is 0 Å². The number of rotatable bonds is 9. The molecule has 3 rings (SSSR count). The molecule has 184 valence electrons. The summed E-state index contributed by atoms with van der Waals surface area (Å²) >= 11 is 3.98. The third kappa shape index (κ3) is 5.91. The third-order valence-corrected chi connectivity index (χ3v) is 7.41. The highest BCUT2D eigenvalue weighted by Gasteiger charge is 2.54. The number of carboxylic acid groups (broad SMARTS) is 1. The van der Waals surface area contributed by atoms with E-state index in [4.69, 9.17) is 9.57 Å². The first-order valence-electron chi connectivity index (χ1n) is 10.2. The van der Waals surface area contributed by atoms with E-state index in [9.17, 15) is 24.3 Å². The molecule has 2 aliphatic heterocycles. The van der Waals surface area contributed by atoms with Gasteiger partial charge < -0.3 is 20.0 Å². The predicted octanol–water partition coefficient (Wildman–Crippen LogP) is 1.65. The fraction of sp³-hybridized carbons (Fsp3) is 0.500. The minimum atomic E-state index is -1.18. The number of oxime groups is 1. The van der Waals surface area contributed by atoms with Gasteiger partial charge in [0, 0.05) is 16.0 Å². The number of amides is 2. The van der Waals surface area contributed by atoms with Crippen LogP contribution in [0.25, 0.3) is 0 Å². The summed E-state index contributed by atoms with van der Waals surface area (Å²) in [7, 11) is 0. The Morgan fingerprint density at radius 1 is 1.38 bits per heavy atom. The molecule has 2 atom stereocenters. The van der Waals surface area contributed by atoms with E-state index < -0.39 is 47.4 Å². The maximum Gasteiger partial charge on any atom is 0.353 e. The van der Waals surface area contributed by atoms with Crippen LogP contribution in [0, 0.1) is 0 Å². The van der Waals surface area contributed by atoms with Gasteiger partial charge in [-0.2, -0.15) is 0 Å². The normalized spacial score (nSPS) is 20.4. The van der Waals surface area contributed by atoms with E-state index in [0.717, 1.165) is 0 Å². The van der Waals surface area contributed by atoms with Crippen molar-refractivity contribution in [2.24, 2.45) is 5.16 Å². The summed E-state index contributed by atoms with van der Waals surface area (Å²) in [6, 6.07) is -0.935. The topological polar surface area (TPSA) is 147 Å². The van der Waals surface area contributed by atoms with Crippen molar-refractivity contribution < 1.29 is 33.9 Å². The molecule has 14 heteroatoms. The highest BCUT2D eigenvalue weighted by atomic mass is 32.2. The third-order valence-electron chi connectivity index (χ3n) is 4.39. The van der Waals surface area contributed by atoms with Crippen molar-refractivity contribution in [3.05, 3.63) is 27.2 Å². The van der Waals surface area contributed by atoms with E-state index in [0.29, 0.717) is 16.4 Å². The minimum Gasteiger partial charge on any atom is -0.477 e. The molecule has 11 nitrogen and oxygen atoms in total. The number of aromatic nitrogens is 1. The molecule has 0 aliphatic carbocycles. The number of nitrogens with zero attached hydrogens (tertiary/aromatic N) is 3. The fourth-order valence-electron chi connectivity index (χ4n) is 3.14. The lowest BCUT2D eigenvalue weighted by atomic mass is 10.0. The van der Waals surface area contributed by atoms with E-state index in [1.54, 1.807) is 26.2 Å². The van der Waals surface area contributed by atoms with Gasteiger partial charge in [-0.15, -0.1) is 34.9 Å². The quantitative estimate of drug-likeness (QED) is 0.210. The molecule has 0 saturated carbocycles. The van der Waals surface area contributed by atoms with Gasteiger partial charge in [0.2, 0.25) is 6.61 Å². The molecule has 1 aromatic heterocycles. The second kappa shape index (κ2) is 10.8. The van der Waals surface area contributed by atoms with Crippen LogP contribution in [0.5, 0.6) is 0 Å². The molecule has 3 heterocycles. The van der Waals surface area contributed by atoms with E-state index in [-0.39, 0.29) is 17.1 Å². The summed E-state index contributed by atoms with van der Waals surface area (Å²) < 4.78 is 5.14. The molecular weight excluding hydrogens is 504 g/mol. The molecule has 0 radical (unpaired) electrons. The van der Waals surface area contributed by atoms with Crippen molar-refractivity contribution in [3.8, 4) is 0 Å². The second-order valence-corrected chi connectivity index (χ2v) is 11.2. The van der Waals surface area contributed by atoms with Gasteiger partial charge in [0.1, 0.15) is 28.4 Å². The lowest BCUT2D eigenvalue weighted by molar-refractivity contribution is -0.160. The Labute approximate surface area is 208 Å². The smallest absolute Gasteiger partial charge is 0.353 e. The summed E-state index contributed by atoms with van der Waals surface area (Å²) in [6.45, 7) is 6.51. The van der Waals surface area contributed by atoms with Crippen LogP contribution < -0.4 is 5.32 Å². The van der Waals surface area contributed by atoms with Crippen molar-refractivity contribution in [2.75, 3.05) is 18.1 Å². The Hall–Kier alpha value is -2.58. The average molecular weight is 529 g/mol. The van der Waals surface area contributed by atoms with Crippen LogP contribution in [-0.2, 0) is 28.8 Å². The van der Waals surface area contributed by atoms with Gasteiger partial charge in [-0.25, -0.2) is 14.6 Å². The first-order valence-corrected chi connectivity index (χ1v) is 13.2. The summed E-state index contributed by atoms with van der Waals surface area (Å²) in [5.74, 6) is -2.00. The Balaban J connectivity index is 1.72. The number of esters is 1. The number of thiazole rings is 1. The van der Waals surface area contributed by atoms with E-state index in [1.807, 2.05) is 6.92 Å². The Morgan fingerprint density at radius 3 is 2.71 bits per heavy atom. The molecule has 0 aromatic carbocycles. The zero-order valence-electron chi connectivity index (χ0n) is 18.9. The number of β-lactam (4-membered cyclic amide) rings is 1. The molecule has 2 aliphatic rings.